The van der Waals surface area contributed by atoms with Crippen LogP contribution in [0.25, 0.3) is 0 Å². The van der Waals surface area contributed by atoms with Gasteiger partial charge in [0.05, 0.1) is 4.83 Å². The summed E-state index contributed by atoms with van der Waals surface area (Å²) < 4.78 is 0. The molecular formula is C18H20BrNO. The van der Waals surface area contributed by atoms with Crippen molar-refractivity contribution in [2.75, 3.05) is 6.54 Å². The van der Waals surface area contributed by atoms with Crippen LogP contribution in [0.2, 0.25) is 0 Å². The molecule has 0 aliphatic heterocycles. The van der Waals surface area contributed by atoms with Crippen LogP contribution in [0.5, 0.6) is 0 Å². The lowest BCUT2D eigenvalue weighted by Gasteiger charge is -2.12. The maximum atomic E-state index is 11.9. The van der Waals surface area contributed by atoms with Crippen LogP contribution >= 0.6 is 15.9 Å². The molecular weight excluding hydrogens is 326 g/mol. The van der Waals surface area contributed by atoms with Gasteiger partial charge < -0.3 is 5.32 Å². The summed E-state index contributed by atoms with van der Waals surface area (Å²) in [4.78, 5) is 12.1. The summed E-state index contributed by atoms with van der Waals surface area (Å²) in [5.74, 6) is 0.0960. The molecule has 2 rings (SSSR count). The van der Waals surface area contributed by atoms with E-state index >= 15 is 0 Å². The molecule has 2 aromatic carbocycles. The van der Waals surface area contributed by atoms with Crippen molar-refractivity contribution in [1.82, 2.24) is 5.32 Å². The van der Waals surface area contributed by atoms with Gasteiger partial charge in [-0.25, -0.2) is 0 Å². The second-order valence-corrected chi connectivity index (χ2v) is 6.21. The van der Waals surface area contributed by atoms with Crippen LogP contribution in [0.15, 0.2) is 54.6 Å². The largest absolute Gasteiger partial charge is 0.355 e. The molecule has 0 fully saturated rings. The van der Waals surface area contributed by atoms with E-state index in [0.717, 1.165) is 6.42 Å². The molecule has 1 unspecified atom stereocenters. The van der Waals surface area contributed by atoms with Crippen molar-refractivity contribution in [3.05, 3.63) is 71.3 Å². The molecule has 3 heteroatoms. The molecule has 110 valence electrons. The molecule has 0 bridgehead atoms. The van der Waals surface area contributed by atoms with Crippen molar-refractivity contribution in [2.45, 2.75) is 24.6 Å². The van der Waals surface area contributed by atoms with Crippen LogP contribution in [0.1, 0.15) is 27.9 Å². The summed E-state index contributed by atoms with van der Waals surface area (Å²) in [7, 11) is 0. The highest BCUT2D eigenvalue weighted by molar-refractivity contribution is 9.09. The second kappa shape index (κ2) is 7.99. The van der Waals surface area contributed by atoms with Gasteiger partial charge in [-0.05, 0) is 30.0 Å². The highest BCUT2D eigenvalue weighted by Gasteiger charge is 2.09. The Morgan fingerprint density at radius 3 is 2.48 bits per heavy atom. The predicted molar refractivity (Wildman–Crippen MR) is 90.6 cm³/mol. The van der Waals surface area contributed by atoms with E-state index in [2.05, 4.69) is 52.4 Å². The van der Waals surface area contributed by atoms with Gasteiger partial charge in [-0.15, -0.1) is 0 Å². The Bertz CT molecular complexity index is 583. The standard InChI is InChI=1S/C18H20BrNO/c1-14-7-5-6-8-15(14)11-12-18(21)20-13-17(19)16-9-3-2-4-10-16/h2-10,17H,11-13H2,1H3,(H,20,21). The molecule has 0 spiro atoms. The Balaban J connectivity index is 1.76. The molecule has 1 N–H and O–H groups in total. The average Bonchev–Trinajstić information content (AvgIpc) is 2.52. The molecule has 0 aliphatic carbocycles. The van der Waals surface area contributed by atoms with Crippen LogP contribution in [0.3, 0.4) is 0 Å². The van der Waals surface area contributed by atoms with E-state index in [-0.39, 0.29) is 10.7 Å². The van der Waals surface area contributed by atoms with Crippen molar-refractivity contribution >= 4 is 21.8 Å². The third-order valence-corrected chi connectivity index (χ3v) is 4.37. The number of carbonyl (C=O) groups is 1. The van der Waals surface area contributed by atoms with Crippen LogP contribution in [0.4, 0.5) is 0 Å². The summed E-state index contributed by atoms with van der Waals surface area (Å²) >= 11 is 3.61. The van der Waals surface area contributed by atoms with Crippen molar-refractivity contribution < 1.29 is 4.79 Å². The van der Waals surface area contributed by atoms with Gasteiger partial charge in [0.1, 0.15) is 0 Å². The Kier molecular flexibility index (Phi) is 6.00. The lowest BCUT2D eigenvalue weighted by Crippen LogP contribution is -2.26. The molecule has 21 heavy (non-hydrogen) atoms. The first-order valence-corrected chi connectivity index (χ1v) is 8.08. The summed E-state index contributed by atoms with van der Waals surface area (Å²) in [5, 5.41) is 2.98. The van der Waals surface area contributed by atoms with E-state index in [0.29, 0.717) is 13.0 Å². The minimum Gasteiger partial charge on any atom is -0.355 e. The van der Waals surface area contributed by atoms with Gasteiger partial charge in [0.2, 0.25) is 5.91 Å². The van der Waals surface area contributed by atoms with E-state index in [1.165, 1.54) is 16.7 Å². The molecule has 1 atom stereocenters. The predicted octanol–water partition coefficient (Wildman–Crippen LogP) is 4.18. The zero-order chi connectivity index (χ0) is 15.1. The Hall–Kier alpha value is -1.61. The van der Waals surface area contributed by atoms with Crippen molar-refractivity contribution in [1.29, 1.82) is 0 Å². The van der Waals surface area contributed by atoms with Crippen molar-refractivity contribution in [3.8, 4) is 0 Å². The summed E-state index contributed by atoms with van der Waals surface area (Å²) in [6.45, 7) is 2.69. The number of rotatable bonds is 6. The SMILES string of the molecule is Cc1ccccc1CCC(=O)NCC(Br)c1ccccc1. The monoisotopic (exact) mass is 345 g/mol. The van der Waals surface area contributed by atoms with Gasteiger partial charge in [0.25, 0.3) is 0 Å². The highest BCUT2D eigenvalue weighted by Crippen LogP contribution is 2.21. The number of amides is 1. The number of carbonyl (C=O) groups excluding carboxylic acids is 1. The van der Waals surface area contributed by atoms with E-state index in [9.17, 15) is 4.79 Å². The minimum atomic E-state index is 0.0960. The quantitative estimate of drug-likeness (QED) is 0.781. The fourth-order valence-corrected chi connectivity index (χ4v) is 2.68. The van der Waals surface area contributed by atoms with Crippen molar-refractivity contribution in [3.63, 3.8) is 0 Å². The number of alkyl halides is 1. The molecule has 0 saturated heterocycles. The number of hydrogen-bond donors (Lipinski definition) is 1. The van der Waals surface area contributed by atoms with Gasteiger partial charge >= 0.3 is 0 Å². The molecule has 2 nitrogen and oxygen atoms in total. The zero-order valence-electron chi connectivity index (χ0n) is 12.2. The van der Waals surface area contributed by atoms with Crippen LogP contribution < -0.4 is 5.32 Å². The second-order valence-electron chi connectivity index (χ2n) is 5.11. The molecule has 1 amide bonds. The first kappa shape index (κ1) is 15.8. The first-order chi connectivity index (χ1) is 10.2. The van der Waals surface area contributed by atoms with Crippen LogP contribution in [-0.4, -0.2) is 12.5 Å². The van der Waals surface area contributed by atoms with E-state index in [1.807, 2.05) is 30.3 Å². The summed E-state index contributed by atoms with van der Waals surface area (Å²) in [6, 6.07) is 18.3. The van der Waals surface area contributed by atoms with Gasteiger partial charge in [0.15, 0.2) is 0 Å². The number of hydrogen-bond acceptors (Lipinski definition) is 1. The molecule has 0 heterocycles. The molecule has 0 saturated carbocycles. The van der Waals surface area contributed by atoms with Crippen LogP contribution in [0, 0.1) is 6.92 Å². The lowest BCUT2D eigenvalue weighted by molar-refractivity contribution is -0.121. The number of aryl methyl sites for hydroxylation is 2. The topological polar surface area (TPSA) is 29.1 Å². The van der Waals surface area contributed by atoms with Gasteiger partial charge in [-0.3, -0.25) is 4.79 Å². The normalized spacial score (nSPS) is 11.9. The lowest BCUT2D eigenvalue weighted by atomic mass is 10.0. The van der Waals surface area contributed by atoms with Gasteiger partial charge in [0, 0.05) is 13.0 Å². The Morgan fingerprint density at radius 1 is 1.10 bits per heavy atom. The van der Waals surface area contributed by atoms with E-state index < -0.39 is 0 Å². The fraction of sp³-hybridized carbons (Fsp3) is 0.278. The maximum absolute atomic E-state index is 11.9. The average molecular weight is 346 g/mol. The Labute approximate surface area is 134 Å². The first-order valence-electron chi connectivity index (χ1n) is 7.17. The zero-order valence-corrected chi connectivity index (χ0v) is 13.8. The number of benzene rings is 2. The third kappa shape index (κ3) is 5.01. The molecule has 0 aromatic heterocycles. The van der Waals surface area contributed by atoms with E-state index in [4.69, 9.17) is 0 Å². The molecule has 0 aliphatic rings. The minimum absolute atomic E-state index is 0.0960. The maximum Gasteiger partial charge on any atom is 0.220 e. The van der Waals surface area contributed by atoms with Gasteiger partial charge in [-0.2, -0.15) is 0 Å². The number of nitrogens with one attached hydrogen (secondary N) is 1. The van der Waals surface area contributed by atoms with Gasteiger partial charge in [-0.1, -0.05) is 70.5 Å². The van der Waals surface area contributed by atoms with E-state index in [1.54, 1.807) is 0 Å². The summed E-state index contributed by atoms with van der Waals surface area (Å²) in [6.07, 6.45) is 1.32. The molecule has 0 radical (unpaired) electrons. The Morgan fingerprint density at radius 2 is 1.76 bits per heavy atom. The summed E-state index contributed by atoms with van der Waals surface area (Å²) in [5.41, 5.74) is 3.66. The highest BCUT2D eigenvalue weighted by atomic mass is 79.9. The number of halogens is 1. The van der Waals surface area contributed by atoms with Crippen molar-refractivity contribution in [2.24, 2.45) is 0 Å². The third-order valence-electron chi connectivity index (χ3n) is 3.52. The van der Waals surface area contributed by atoms with Crippen LogP contribution in [-0.2, 0) is 11.2 Å². The molecule has 2 aromatic rings. The fourth-order valence-electron chi connectivity index (χ4n) is 2.21. The smallest absolute Gasteiger partial charge is 0.220 e.